The predicted octanol–water partition coefficient (Wildman–Crippen LogP) is 3.10. The summed E-state index contributed by atoms with van der Waals surface area (Å²) < 4.78 is 21.2. The van der Waals surface area contributed by atoms with Crippen molar-refractivity contribution in [3.8, 4) is 11.5 Å². The van der Waals surface area contributed by atoms with Crippen molar-refractivity contribution in [1.29, 1.82) is 0 Å². The molecule has 3 rings (SSSR count). The summed E-state index contributed by atoms with van der Waals surface area (Å²) in [5.41, 5.74) is 0.962. The molecule has 148 valence electrons. The maximum Gasteiger partial charge on any atom is 0.337 e. The van der Waals surface area contributed by atoms with Gasteiger partial charge in [-0.3, -0.25) is 0 Å². The molecule has 1 aliphatic rings. The van der Waals surface area contributed by atoms with Gasteiger partial charge in [-0.1, -0.05) is 0 Å². The molecule has 28 heavy (non-hydrogen) atoms. The summed E-state index contributed by atoms with van der Waals surface area (Å²) in [6, 6.07) is 13.7. The first-order chi connectivity index (χ1) is 13.6. The molecule has 2 aromatic rings. The Bertz CT molecular complexity index is 803. The molecule has 7 nitrogen and oxygen atoms in total. The lowest BCUT2D eigenvalue weighted by Crippen LogP contribution is -2.36. The fraction of sp³-hybridized carbons (Fsp3) is 0.333. The summed E-state index contributed by atoms with van der Waals surface area (Å²) in [4.78, 5) is 25.1. The SMILES string of the molecule is COC(=O)c1ccc(OCN2CCC[C@@H]2Oc2ccc(C(=O)OC)cc2)cc1. The van der Waals surface area contributed by atoms with Crippen LogP contribution >= 0.6 is 0 Å². The summed E-state index contributed by atoms with van der Waals surface area (Å²) in [6.45, 7) is 1.24. The van der Waals surface area contributed by atoms with Crippen LogP contribution < -0.4 is 9.47 Å². The van der Waals surface area contributed by atoms with Crippen LogP contribution in [0.25, 0.3) is 0 Å². The van der Waals surface area contributed by atoms with Gasteiger partial charge in [0.1, 0.15) is 18.2 Å². The molecule has 2 aromatic carbocycles. The molecule has 0 radical (unpaired) electrons. The van der Waals surface area contributed by atoms with Gasteiger partial charge in [-0.05, 0) is 61.4 Å². The highest BCUT2D eigenvalue weighted by Crippen LogP contribution is 2.23. The van der Waals surface area contributed by atoms with Crippen LogP contribution in [0, 0.1) is 0 Å². The van der Waals surface area contributed by atoms with Crippen molar-refractivity contribution in [2.24, 2.45) is 0 Å². The van der Waals surface area contributed by atoms with Gasteiger partial charge in [0.25, 0.3) is 0 Å². The number of carbonyl (C=O) groups excluding carboxylic acids is 2. The van der Waals surface area contributed by atoms with E-state index in [0.717, 1.165) is 19.4 Å². The molecule has 0 aliphatic carbocycles. The van der Waals surface area contributed by atoms with Crippen molar-refractivity contribution in [2.45, 2.75) is 19.1 Å². The molecule has 0 N–H and O–H groups in total. The first-order valence-electron chi connectivity index (χ1n) is 9.01. The quantitative estimate of drug-likeness (QED) is 0.678. The van der Waals surface area contributed by atoms with E-state index in [1.54, 1.807) is 48.5 Å². The van der Waals surface area contributed by atoms with Crippen molar-refractivity contribution >= 4 is 11.9 Å². The molecule has 1 aliphatic heterocycles. The number of methoxy groups -OCH3 is 2. The van der Waals surface area contributed by atoms with Gasteiger partial charge < -0.3 is 18.9 Å². The van der Waals surface area contributed by atoms with Crippen LogP contribution in [0.15, 0.2) is 48.5 Å². The normalized spacial score (nSPS) is 16.4. The molecule has 0 saturated carbocycles. The summed E-state index contributed by atoms with van der Waals surface area (Å²) >= 11 is 0. The third kappa shape index (κ3) is 4.80. The van der Waals surface area contributed by atoms with E-state index < -0.39 is 0 Å². The van der Waals surface area contributed by atoms with E-state index in [-0.39, 0.29) is 18.2 Å². The summed E-state index contributed by atoms with van der Waals surface area (Å²) in [6.07, 6.45) is 1.80. The van der Waals surface area contributed by atoms with Crippen LogP contribution in [0.1, 0.15) is 33.6 Å². The van der Waals surface area contributed by atoms with Crippen molar-refractivity contribution in [2.75, 3.05) is 27.5 Å². The Morgan fingerprint density at radius 1 is 0.893 bits per heavy atom. The molecule has 0 bridgehead atoms. The molecule has 0 amide bonds. The number of ether oxygens (including phenoxy) is 4. The highest BCUT2D eigenvalue weighted by molar-refractivity contribution is 5.89. The summed E-state index contributed by atoms with van der Waals surface area (Å²) in [7, 11) is 2.70. The second kappa shape index (κ2) is 9.23. The Morgan fingerprint density at radius 2 is 1.43 bits per heavy atom. The van der Waals surface area contributed by atoms with E-state index in [1.807, 2.05) is 0 Å². The first kappa shape index (κ1) is 19.7. The highest BCUT2D eigenvalue weighted by atomic mass is 16.5. The third-order valence-corrected chi connectivity index (χ3v) is 4.52. The number of nitrogens with zero attached hydrogens (tertiary/aromatic N) is 1. The number of rotatable bonds is 7. The molecule has 1 fully saturated rings. The van der Waals surface area contributed by atoms with Gasteiger partial charge in [0.2, 0.25) is 0 Å². The molecule has 1 heterocycles. The lowest BCUT2D eigenvalue weighted by Gasteiger charge is -2.25. The van der Waals surface area contributed by atoms with E-state index >= 15 is 0 Å². The van der Waals surface area contributed by atoms with E-state index in [0.29, 0.717) is 29.4 Å². The van der Waals surface area contributed by atoms with E-state index in [2.05, 4.69) is 9.64 Å². The lowest BCUT2D eigenvalue weighted by molar-refractivity contribution is 0.01000. The standard InChI is InChI=1S/C21H23NO6/c1-25-20(23)15-5-9-17(10-6-15)27-14-22-13-3-4-19(22)28-18-11-7-16(8-12-18)21(24)26-2/h5-12,19H,3-4,13-14H2,1-2H3/t19-/m0/s1. The van der Waals surface area contributed by atoms with Gasteiger partial charge in [-0.25, -0.2) is 14.5 Å². The number of carbonyl (C=O) groups is 2. The van der Waals surface area contributed by atoms with Crippen LogP contribution in [-0.2, 0) is 9.47 Å². The maximum atomic E-state index is 11.5. The average molecular weight is 385 g/mol. The third-order valence-electron chi connectivity index (χ3n) is 4.52. The molecule has 0 aromatic heterocycles. The first-order valence-corrected chi connectivity index (χ1v) is 9.01. The Hall–Kier alpha value is -3.06. The Labute approximate surface area is 163 Å². The van der Waals surface area contributed by atoms with Gasteiger partial charge in [-0.2, -0.15) is 0 Å². The zero-order valence-corrected chi connectivity index (χ0v) is 15.9. The Morgan fingerprint density at radius 3 is 1.96 bits per heavy atom. The minimum atomic E-state index is -0.377. The number of likely N-dealkylation sites (tertiary alicyclic amines) is 1. The van der Waals surface area contributed by atoms with E-state index in [9.17, 15) is 9.59 Å². The van der Waals surface area contributed by atoms with Crippen molar-refractivity contribution in [1.82, 2.24) is 4.90 Å². The number of benzene rings is 2. The lowest BCUT2D eigenvalue weighted by atomic mass is 10.2. The van der Waals surface area contributed by atoms with Crippen LogP contribution in [0.4, 0.5) is 0 Å². The fourth-order valence-electron chi connectivity index (χ4n) is 2.98. The van der Waals surface area contributed by atoms with Crippen LogP contribution in [0.5, 0.6) is 11.5 Å². The molecular formula is C21H23NO6. The molecular weight excluding hydrogens is 362 g/mol. The Balaban J connectivity index is 1.54. The Kier molecular flexibility index (Phi) is 6.49. The molecule has 1 saturated heterocycles. The van der Waals surface area contributed by atoms with Gasteiger partial charge in [0.15, 0.2) is 6.23 Å². The monoisotopic (exact) mass is 385 g/mol. The fourth-order valence-corrected chi connectivity index (χ4v) is 2.98. The van der Waals surface area contributed by atoms with Crippen molar-refractivity contribution in [3.05, 3.63) is 59.7 Å². The smallest absolute Gasteiger partial charge is 0.337 e. The van der Waals surface area contributed by atoms with Crippen molar-refractivity contribution < 1.29 is 28.5 Å². The molecule has 7 heteroatoms. The van der Waals surface area contributed by atoms with E-state index in [1.165, 1.54) is 14.2 Å². The van der Waals surface area contributed by atoms with Gasteiger partial charge in [0, 0.05) is 6.54 Å². The van der Waals surface area contributed by atoms with Gasteiger partial charge >= 0.3 is 11.9 Å². The molecule has 1 atom stereocenters. The van der Waals surface area contributed by atoms with Crippen LogP contribution in [0.3, 0.4) is 0 Å². The topological polar surface area (TPSA) is 74.3 Å². The zero-order valence-electron chi connectivity index (χ0n) is 15.9. The minimum Gasteiger partial charge on any atom is -0.478 e. The number of esters is 2. The second-order valence-electron chi connectivity index (χ2n) is 6.33. The minimum absolute atomic E-state index is 0.0988. The number of hydrogen-bond donors (Lipinski definition) is 0. The summed E-state index contributed by atoms with van der Waals surface area (Å²) in [5, 5.41) is 0. The number of hydrogen-bond acceptors (Lipinski definition) is 7. The van der Waals surface area contributed by atoms with Gasteiger partial charge in [0.05, 0.1) is 25.3 Å². The highest BCUT2D eigenvalue weighted by Gasteiger charge is 2.26. The second-order valence-corrected chi connectivity index (χ2v) is 6.33. The molecule has 0 spiro atoms. The largest absolute Gasteiger partial charge is 0.478 e. The predicted molar refractivity (Wildman–Crippen MR) is 101 cm³/mol. The van der Waals surface area contributed by atoms with Gasteiger partial charge in [-0.15, -0.1) is 0 Å². The van der Waals surface area contributed by atoms with Crippen LogP contribution in [-0.4, -0.2) is 50.6 Å². The van der Waals surface area contributed by atoms with E-state index in [4.69, 9.17) is 14.2 Å². The molecule has 0 unspecified atom stereocenters. The zero-order chi connectivity index (χ0) is 19.9. The van der Waals surface area contributed by atoms with Crippen LogP contribution in [0.2, 0.25) is 0 Å². The summed E-state index contributed by atoms with van der Waals surface area (Å²) in [5.74, 6) is 0.603. The van der Waals surface area contributed by atoms with Crippen molar-refractivity contribution in [3.63, 3.8) is 0 Å². The average Bonchev–Trinajstić information content (AvgIpc) is 3.19. The maximum absolute atomic E-state index is 11.5.